The number of rotatable bonds is 5. The molecule has 8 heteroatoms. The van der Waals surface area contributed by atoms with Crippen molar-refractivity contribution in [1.82, 2.24) is 14.6 Å². The number of hydrogen-bond donors (Lipinski definition) is 2. The van der Waals surface area contributed by atoms with Crippen LogP contribution in [0.15, 0.2) is 6.20 Å². The van der Waals surface area contributed by atoms with Gasteiger partial charge in [0.25, 0.3) is 0 Å². The quantitative estimate of drug-likeness (QED) is 0.833. The number of nitrogens with two attached hydrogens (primary N) is 1. The lowest BCUT2D eigenvalue weighted by Crippen LogP contribution is -2.39. The summed E-state index contributed by atoms with van der Waals surface area (Å²) >= 11 is 1.45. The van der Waals surface area contributed by atoms with Crippen LogP contribution in [0.1, 0.15) is 25.1 Å². The van der Waals surface area contributed by atoms with Crippen LogP contribution in [0.3, 0.4) is 0 Å². The van der Waals surface area contributed by atoms with Crippen molar-refractivity contribution in [2.75, 3.05) is 18.8 Å². The summed E-state index contributed by atoms with van der Waals surface area (Å²) in [7, 11) is -3.21. The standard InChI is InChI=1S/C11H20N4O2S2/c1-8(2)14-19(16,17)10-3-4-15(7-10)6-9-5-13-11(12)18-9/h5,8,10,14H,3-4,6-7H2,1-2H3,(H2,12,13). The molecular formula is C11H20N4O2S2. The van der Waals surface area contributed by atoms with Crippen molar-refractivity contribution in [3.8, 4) is 0 Å². The van der Waals surface area contributed by atoms with E-state index >= 15 is 0 Å². The Balaban J connectivity index is 1.93. The topological polar surface area (TPSA) is 88.3 Å². The van der Waals surface area contributed by atoms with Crippen LogP contribution < -0.4 is 10.5 Å². The molecule has 0 spiro atoms. The summed E-state index contributed by atoms with van der Waals surface area (Å²) in [6.45, 7) is 5.76. The average molecular weight is 304 g/mol. The molecule has 1 aliphatic rings. The first-order chi connectivity index (χ1) is 8.87. The lowest BCUT2D eigenvalue weighted by Gasteiger charge is -2.16. The van der Waals surface area contributed by atoms with Gasteiger partial charge in [0.2, 0.25) is 10.0 Å². The Morgan fingerprint density at radius 1 is 1.63 bits per heavy atom. The third-order valence-corrected chi connectivity index (χ3v) is 5.89. The van der Waals surface area contributed by atoms with E-state index in [4.69, 9.17) is 5.73 Å². The normalized spacial score (nSPS) is 21.3. The van der Waals surface area contributed by atoms with E-state index in [1.54, 1.807) is 6.20 Å². The van der Waals surface area contributed by atoms with E-state index in [1.807, 2.05) is 13.8 Å². The minimum atomic E-state index is -3.21. The molecule has 1 aromatic heterocycles. The molecule has 0 aromatic carbocycles. The molecule has 1 saturated heterocycles. The lowest BCUT2D eigenvalue weighted by atomic mass is 10.4. The maximum atomic E-state index is 12.1. The second kappa shape index (κ2) is 5.74. The summed E-state index contributed by atoms with van der Waals surface area (Å²) in [6.07, 6.45) is 2.44. The van der Waals surface area contributed by atoms with Crippen LogP contribution in [0, 0.1) is 0 Å². The minimum absolute atomic E-state index is 0.0552. The molecule has 1 aliphatic heterocycles. The molecule has 108 valence electrons. The number of likely N-dealkylation sites (tertiary alicyclic amines) is 1. The summed E-state index contributed by atoms with van der Waals surface area (Å²) in [5.74, 6) is 0. The highest BCUT2D eigenvalue weighted by Crippen LogP contribution is 2.22. The molecule has 1 fully saturated rings. The highest BCUT2D eigenvalue weighted by molar-refractivity contribution is 7.90. The van der Waals surface area contributed by atoms with Crippen molar-refractivity contribution in [2.24, 2.45) is 0 Å². The molecule has 0 bridgehead atoms. The molecule has 3 N–H and O–H groups in total. The largest absolute Gasteiger partial charge is 0.375 e. The van der Waals surface area contributed by atoms with E-state index in [2.05, 4.69) is 14.6 Å². The summed E-state index contributed by atoms with van der Waals surface area (Å²) in [5, 5.41) is 0.236. The first-order valence-corrected chi connectivity index (χ1v) is 8.67. The molecule has 0 aliphatic carbocycles. The number of nitrogens with zero attached hydrogens (tertiary/aromatic N) is 2. The molecule has 2 heterocycles. The fraction of sp³-hybridized carbons (Fsp3) is 0.727. The first-order valence-electron chi connectivity index (χ1n) is 6.30. The van der Waals surface area contributed by atoms with Gasteiger partial charge < -0.3 is 5.73 Å². The van der Waals surface area contributed by atoms with Crippen molar-refractivity contribution in [3.05, 3.63) is 11.1 Å². The third kappa shape index (κ3) is 3.88. The van der Waals surface area contributed by atoms with Gasteiger partial charge in [0.1, 0.15) is 0 Å². The Labute approximate surface area is 118 Å². The van der Waals surface area contributed by atoms with Crippen molar-refractivity contribution < 1.29 is 8.42 Å². The van der Waals surface area contributed by atoms with Crippen molar-refractivity contribution >= 4 is 26.5 Å². The molecule has 19 heavy (non-hydrogen) atoms. The summed E-state index contributed by atoms with van der Waals surface area (Å²) in [4.78, 5) is 7.22. The van der Waals surface area contributed by atoms with Gasteiger partial charge in [-0.1, -0.05) is 0 Å². The molecule has 0 amide bonds. The molecule has 1 atom stereocenters. The first kappa shape index (κ1) is 14.7. The zero-order valence-corrected chi connectivity index (χ0v) is 12.8. The van der Waals surface area contributed by atoms with Crippen LogP contribution in [-0.2, 0) is 16.6 Å². The number of nitrogens with one attached hydrogen (secondary N) is 1. The summed E-state index contributed by atoms with van der Waals surface area (Å²) < 4.78 is 26.8. The Hall–Kier alpha value is -0.700. The predicted molar refractivity (Wildman–Crippen MR) is 77.4 cm³/mol. The summed E-state index contributed by atoms with van der Waals surface area (Å²) in [6, 6.07) is -0.0552. The van der Waals surface area contributed by atoms with E-state index in [1.165, 1.54) is 11.3 Å². The van der Waals surface area contributed by atoms with E-state index in [0.29, 0.717) is 18.1 Å². The average Bonchev–Trinajstić information content (AvgIpc) is 2.87. The van der Waals surface area contributed by atoms with Gasteiger partial charge in [-0.05, 0) is 26.8 Å². The van der Waals surface area contributed by atoms with Crippen LogP contribution in [0.25, 0.3) is 0 Å². The summed E-state index contributed by atoms with van der Waals surface area (Å²) in [5.41, 5.74) is 5.59. The van der Waals surface area contributed by atoms with E-state index in [-0.39, 0.29) is 11.3 Å². The van der Waals surface area contributed by atoms with Crippen molar-refractivity contribution in [3.63, 3.8) is 0 Å². The highest BCUT2D eigenvalue weighted by atomic mass is 32.2. The number of aromatic nitrogens is 1. The second-order valence-corrected chi connectivity index (χ2v) is 8.27. The van der Waals surface area contributed by atoms with Crippen LogP contribution in [0.2, 0.25) is 0 Å². The van der Waals surface area contributed by atoms with Gasteiger partial charge in [-0.25, -0.2) is 18.1 Å². The lowest BCUT2D eigenvalue weighted by molar-refractivity contribution is 0.334. The molecule has 6 nitrogen and oxygen atoms in total. The molecule has 1 unspecified atom stereocenters. The van der Waals surface area contributed by atoms with Gasteiger partial charge in [-0.2, -0.15) is 0 Å². The van der Waals surface area contributed by atoms with E-state index in [9.17, 15) is 8.42 Å². The molecule has 1 aromatic rings. The van der Waals surface area contributed by atoms with Gasteiger partial charge >= 0.3 is 0 Å². The maximum Gasteiger partial charge on any atom is 0.216 e. The molecule has 0 saturated carbocycles. The highest BCUT2D eigenvalue weighted by Gasteiger charge is 2.33. The van der Waals surface area contributed by atoms with Crippen LogP contribution in [0.4, 0.5) is 5.13 Å². The fourth-order valence-corrected chi connectivity index (χ4v) is 4.63. The molecular weight excluding hydrogens is 284 g/mol. The van der Waals surface area contributed by atoms with Crippen LogP contribution >= 0.6 is 11.3 Å². The predicted octanol–water partition coefficient (Wildman–Crippen LogP) is 0.627. The van der Waals surface area contributed by atoms with Gasteiger partial charge in [0, 0.05) is 30.2 Å². The van der Waals surface area contributed by atoms with Crippen LogP contribution in [-0.4, -0.2) is 42.7 Å². The Kier molecular flexibility index (Phi) is 4.44. The second-order valence-electron chi connectivity index (χ2n) is 5.13. The number of nitrogen functional groups attached to an aromatic ring is 1. The van der Waals surface area contributed by atoms with Crippen LogP contribution in [0.5, 0.6) is 0 Å². The molecule has 2 rings (SSSR count). The zero-order chi connectivity index (χ0) is 14.0. The number of anilines is 1. The van der Waals surface area contributed by atoms with E-state index < -0.39 is 10.0 Å². The third-order valence-electron chi connectivity index (χ3n) is 3.02. The number of thiazole rings is 1. The van der Waals surface area contributed by atoms with Gasteiger partial charge in [-0.15, -0.1) is 11.3 Å². The fourth-order valence-electron chi connectivity index (χ4n) is 2.23. The minimum Gasteiger partial charge on any atom is -0.375 e. The Bertz CT molecular complexity index is 527. The Morgan fingerprint density at radius 3 is 2.95 bits per heavy atom. The maximum absolute atomic E-state index is 12.1. The van der Waals surface area contributed by atoms with Gasteiger partial charge in [-0.3, -0.25) is 4.90 Å². The molecule has 0 radical (unpaired) electrons. The van der Waals surface area contributed by atoms with Gasteiger partial charge in [0.15, 0.2) is 5.13 Å². The Morgan fingerprint density at radius 2 is 2.37 bits per heavy atom. The number of sulfonamides is 1. The van der Waals surface area contributed by atoms with Crippen molar-refractivity contribution in [1.29, 1.82) is 0 Å². The van der Waals surface area contributed by atoms with Crippen molar-refractivity contribution in [2.45, 2.75) is 38.1 Å². The SMILES string of the molecule is CC(C)NS(=O)(=O)C1CCN(Cc2cnc(N)s2)C1. The van der Waals surface area contributed by atoms with Gasteiger partial charge in [0.05, 0.1) is 5.25 Å². The zero-order valence-electron chi connectivity index (χ0n) is 11.2. The van der Waals surface area contributed by atoms with E-state index in [0.717, 1.165) is 18.0 Å². The monoisotopic (exact) mass is 304 g/mol. The number of hydrogen-bond acceptors (Lipinski definition) is 6. The smallest absolute Gasteiger partial charge is 0.216 e.